The summed E-state index contributed by atoms with van der Waals surface area (Å²) in [5.41, 5.74) is 0. The molecule has 15 heavy (non-hydrogen) atoms. The molecule has 0 N–H and O–H groups in total. The molecule has 0 amide bonds. The predicted octanol–water partition coefficient (Wildman–Crippen LogP) is 5.13. The highest BCUT2D eigenvalue weighted by molar-refractivity contribution is 4.79. The second-order valence-corrected chi connectivity index (χ2v) is 5.72. The van der Waals surface area contributed by atoms with Gasteiger partial charge in [0.2, 0.25) is 0 Å². The van der Waals surface area contributed by atoms with E-state index in [1.54, 1.807) is 0 Å². The Hall–Kier alpha value is 0. The minimum Gasteiger partial charge on any atom is -0.0533 e. The van der Waals surface area contributed by atoms with Gasteiger partial charge in [-0.15, -0.1) is 0 Å². The zero-order valence-electron chi connectivity index (χ0n) is 10.2. The molecule has 0 aliphatic heterocycles. The summed E-state index contributed by atoms with van der Waals surface area (Å²) in [7, 11) is 0. The lowest BCUT2D eigenvalue weighted by Crippen LogP contribution is -2.06. The number of unbranched alkanes of at least 4 members (excludes halogenated alkanes) is 1. The summed E-state index contributed by atoms with van der Waals surface area (Å²) in [4.78, 5) is 0. The highest BCUT2D eigenvalue weighted by atomic mass is 14.2. The predicted molar refractivity (Wildman–Crippen MR) is 66.7 cm³/mol. The quantitative estimate of drug-likeness (QED) is 0.548. The lowest BCUT2D eigenvalue weighted by Gasteiger charge is -2.21. The van der Waals surface area contributed by atoms with Crippen molar-refractivity contribution in [3.63, 3.8) is 0 Å². The van der Waals surface area contributed by atoms with E-state index in [0.717, 1.165) is 11.8 Å². The van der Waals surface area contributed by atoms with E-state index in [1.165, 1.54) is 77.0 Å². The second-order valence-electron chi connectivity index (χ2n) is 5.72. The third kappa shape index (κ3) is 4.17. The van der Waals surface area contributed by atoms with Gasteiger partial charge in [-0.25, -0.2) is 0 Å². The van der Waals surface area contributed by atoms with E-state index in [-0.39, 0.29) is 0 Å². The smallest absolute Gasteiger partial charge is 0.0355 e. The van der Waals surface area contributed by atoms with Crippen molar-refractivity contribution in [2.45, 2.75) is 77.0 Å². The highest BCUT2D eigenvalue weighted by Crippen LogP contribution is 2.31. The van der Waals surface area contributed by atoms with E-state index in [0.29, 0.717) is 0 Å². The van der Waals surface area contributed by atoms with Gasteiger partial charge >= 0.3 is 0 Å². The molecule has 2 aliphatic rings. The normalized spacial score (nSPS) is 24.8. The molecule has 87 valence electrons. The van der Waals surface area contributed by atoms with Crippen LogP contribution in [0.5, 0.6) is 0 Å². The molecular weight excluding hydrogens is 180 g/mol. The Bertz CT molecular complexity index is 149. The second kappa shape index (κ2) is 6.55. The minimum absolute atomic E-state index is 0.988. The van der Waals surface area contributed by atoms with Crippen molar-refractivity contribution in [2.75, 3.05) is 0 Å². The molecule has 2 saturated carbocycles. The zero-order valence-corrected chi connectivity index (χ0v) is 10.2. The molecule has 0 unspecified atom stereocenters. The fourth-order valence-electron chi connectivity index (χ4n) is 3.43. The molecule has 0 saturated heterocycles. The molecule has 2 fully saturated rings. The van der Waals surface area contributed by atoms with Crippen LogP contribution >= 0.6 is 0 Å². The van der Waals surface area contributed by atoms with Gasteiger partial charge in [-0.1, -0.05) is 70.6 Å². The van der Waals surface area contributed by atoms with Crippen LogP contribution in [0, 0.1) is 18.3 Å². The van der Waals surface area contributed by atoms with Gasteiger partial charge < -0.3 is 0 Å². The van der Waals surface area contributed by atoms with Crippen LogP contribution in [0.15, 0.2) is 0 Å². The average molecular weight is 207 g/mol. The molecule has 0 heterocycles. The van der Waals surface area contributed by atoms with Crippen LogP contribution in [-0.4, -0.2) is 0 Å². The van der Waals surface area contributed by atoms with Crippen LogP contribution in [0.4, 0.5) is 0 Å². The first-order chi connectivity index (χ1) is 7.45. The van der Waals surface area contributed by atoms with E-state index in [2.05, 4.69) is 6.42 Å². The third-order valence-corrected chi connectivity index (χ3v) is 4.44. The van der Waals surface area contributed by atoms with Crippen LogP contribution in [0.3, 0.4) is 0 Å². The number of rotatable bonds is 5. The van der Waals surface area contributed by atoms with Crippen molar-refractivity contribution in [1.29, 1.82) is 0 Å². The van der Waals surface area contributed by atoms with E-state index in [1.807, 2.05) is 0 Å². The molecule has 0 bridgehead atoms. The van der Waals surface area contributed by atoms with Gasteiger partial charge in [0.05, 0.1) is 0 Å². The molecule has 2 rings (SSSR count). The zero-order chi connectivity index (χ0) is 10.3. The molecule has 0 heteroatoms. The number of hydrogen-bond donors (Lipinski definition) is 0. The first kappa shape index (κ1) is 11.5. The summed E-state index contributed by atoms with van der Waals surface area (Å²) < 4.78 is 0. The maximum atomic E-state index is 2.65. The van der Waals surface area contributed by atoms with Crippen molar-refractivity contribution in [3.05, 3.63) is 6.42 Å². The van der Waals surface area contributed by atoms with Crippen LogP contribution in [0.1, 0.15) is 77.0 Å². The Morgan fingerprint density at radius 1 is 0.800 bits per heavy atom. The summed E-state index contributed by atoms with van der Waals surface area (Å²) in [6.45, 7) is 0. The fourth-order valence-corrected chi connectivity index (χ4v) is 3.43. The standard InChI is InChI=1S/C15H27/c1-2-8-14(9-3-1)10-4-5-11-15-12-6-7-13-15/h10,14-15H,1-9,11-13H2. The molecule has 2 aliphatic carbocycles. The summed E-state index contributed by atoms with van der Waals surface area (Å²) in [6, 6.07) is 0. The molecule has 0 aromatic rings. The molecular formula is C15H27. The summed E-state index contributed by atoms with van der Waals surface area (Å²) in [6.07, 6.45) is 20.6. The van der Waals surface area contributed by atoms with Crippen LogP contribution in [0.2, 0.25) is 0 Å². The summed E-state index contributed by atoms with van der Waals surface area (Å²) >= 11 is 0. The van der Waals surface area contributed by atoms with Crippen molar-refractivity contribution >= 4 is 0 Å². The first-order valence-corrected chi connectivity index (χ1v) is 7.28. The summed E-state index contributed by atoms with van der Waals surface area (Å²) in [5, 5.41) is 0. The van der Waals surface area contributed by atoms with E-state index >= 15 is 0 Å². The molecule has 1 radical (unpaired) electrons. The lowest BCUT2D eigenvalue weighted by atomic mass is 9.85. The number of hydrogen-bond acceptors (Lipinski definition) is 0. The van der Waals surface area contributed by atoms with Crippen molar-refractivity contribution in [3.8, 4) is 0 Å². The Labute approximate surface area is 95.8 Å². The Morgan fingerprint density at radius 2 is 1.47 bits per heavy atom. The van der Waals surface area contributed by atoms with E-state index < -0.39 is 0 Å². The molecule has 0 nitrogen and oxygen atoms in total. The van der Waals surface area contributed by atoms with Crippen molar-refractivity contribution in [1.82, 2.24) is 0 Å². The van der Waals surface area contributed by atoms with Crippen molar-refractivity contribution in [2.24, 2.45) is 11.8 Å². The van der Waals surface area contributed by atoms with Gasteiger partial charge in [0.15, 0.2) is 0 Å². The Morgan fingerprint density at radius 3 is 2.20 bits per heavy atom. The maximum Gasteiger partial charge on any atom is -0.0355 e. The molecule has 0 aromatic carbocycles. The van der Waals surface area contributed by atoms with Gasteiger partial charge in [0.1, 0.15) is 0 Å². The molecule has 0 aromatic heterocycles. The fraction of sp³-hybridized carbons (Fsp3) is 0.933. The van der Waals surface area contributed by atoms with Gasteiger partial charge in [0.25, 0.3) is 0 Å². The summed E-state index contributed by atoms with van der Waals surface area (Å²) in [5.74, 6) is 2.09. The van der Waals surface area contributed by atoms with E-state index in [4.69, 9.17) is 0 Å². The van der Waals surface area contributed by atoms with Gasteiger partial charge in [-0.05, 0) is 24.7 Å². The third-order valence-electron chi connectivity index (χ3n) is 4.44. The lowest BCUT2D eigenvalue weighted by molar-refractivity contribution is 0.382. The monoisotopic (exact) mass is 207 g/mol. The van der Waals surface area contributed by atoms with Gasteiger partial charge in [-0.3, -0.25) is 0 Å². The van der Waals surface area contributed by atoms with Gasteiger partial charge in [0, 0.05) is 0 Å². The molecule has 0 atom stereocenters. The molecule has 0 spiro atoms. The Kier molecular flexibility index (Phi) is 5.02. The SMILES string of the molecule is [CH](CCCC1CCCC1)C1CCCCC1. The minimum atomic E-state index is 0.988. The van der Waals surface area contributed by atoms with Crippen LogP contribution < -0.4 is 0 Å². The van der Waals surface area contributed by atoms with Gasteiger partial charge in [-0.2, -0.15) is 0 Å². The average Bonchev–Trinajstić information content (AvgIpc) is 2.79. The Balaban J connectivity index is 1.47. The maximum absolute atomic E-state index is 2.65. The van der Waals surface area contributed by atoms with Crippen LogP contribution in [0.25, 0.3) is 0 Å². The highest BCUT2D eigenvalue weighted by Gasteiger charge is 2.16. The largest absolute Gasteiger partial charge is 0.0533 e. The topological polar surface area (TPSA) is 0 Å². The first-order valence-electron chi connectivity index (χ1n) is 7.28. The van der Waals surface area contributed by atoms with Crippen molar-refractivity contribution < 1.29 is 0 Å². The van der Waals surface area contributed by atoms with E-state index in [9.17, 15) is 0 Å². The van der Waals surface area contributed by atoms with Crippen LogP contribution in [-0.2, 0) is 0 Å².